The summed E-state index contributed by atoms with van der Waals surface area (Å²) in [4.78, 5) is 24.6. The minimum absolute atomic E-state index is 0.0437. The van der Waals surface area contributed by atoms with Crippen LogP contribution >= 0.6 is 0 Å². The standard InChI is InChI=1S/C13H16N2O3/c1-2-8-15(9-7-14)11(16)10-13(12(17)18)5-3-4-6-13/h1H,3-6,8-10H2,(H,17,18). The van der Waals surface area contributed by atoms with Crippen LogP contribution in [0.25, 0.3) is 0 Å². The van der Waals surface area contributed by atoms with Crippen LogP contribution in [0.2, 0.25) is 0 Å². The Bertz CT molecular complexity index is 395. The number of carboxylic acids is 1. The first kappa shape index (κ1) is 14.1. The molecule has 1 saturated carbocycles. The fraction of sp³-hybridized carbons (Fsp3) is 0.615. The molecule has 0 aromatic heterocycles. The van der Waals surface area contributed by atoms with E-state index in [1.807, 2.05) is 6.07 Å². The first-order valence-electron chi connectivity index (χ1n) is 5.87. The van der Waals surface area contributed by atoms with Crippen LogP contribution in [0.3, 0.4) is 0 Å². The molecule has 1 aliphatic carbocycles. The Balaban J connectivity index is 2.75. The summed E-state index contributed by atoms with van der Waals surface area (Å²) in [6.45, 7) is -0.0547. The maximum atomic E-state index is 12.0. The summed E-state index contributed by atoms with van der Waals surface area (Å²) in [5.74, 6) is 1.03. The van der Waals surface area contributed by atoms with Crippen molar-refractivity contribution < 1.29 is 14.7 Å². The van der Waals surface area contributed by atoms with E-state index in [9.17, 15) is 14.7 Å². The highest BCUT2D eigenvalue weighted by molar-refractivity contribution is 5.85. The van der Waals surface area contributed by atoms with Crippen LogP contribution in [-0.2, 0) is 9.59 Å². The number of aliphatic carboxylic acids is 1. The number of hydrogen-bond donors (Lipinski definition) is 1. The molecule has 1 fully saturated rings. The van der Waals surface area contributed by atoms with Gasteiger partial charge in [-0.2, -0.15) is 5.26 Å². The van der Waals surface area contributed by atoms with Gasteiger partial charge in [-0.05, 0) is 12.8 Å². The van der Waals surface area contributed by atoms with Crippen LogP contribution < -0.4 is 0 Å². The second-order valence-electron chi connectivity index (χ2n) is 4.58. The third kappa shape index (κ3) is 3.01. The molecule has 1 rings (SSSR count). The average molecular weight is 248 g/mol. The molecule has 0 spiro atoms. The second kappa shape index (κ2) is 6.07. The van der Waals surface area contributed by atoms with Gasteiger partial charge < -0.3 is 10.0 Å². The van der Waals surface area contributed by atoms with Crippen LogP contribution in [0.4, 0.5) is 0 Å². The van der Waals surface area contributed by atoms with Gasteiger partial charge in [0.25, 0.3) is 0 Å². The lowest BCUT2D eigenvalue weighted by Gasteiger charge is -2.26. The Labute approximate surface area is 106 Å². The Morgan fingerprint density at radius 2 is 1.94 bits per heavy atom. The van der Waals surface area contributed by atoms with Crippen LogP contribution in [0.1, 0.15) is 32.1 Å². The molecule has 0 atom stereocenters. The Hall–Kier alpha value is -2.01. The zero-order valence-corrected chi connectivity index (χ0v) is 10.2. The van der Waals surface area contributed by atoms with Crippen LogP contribution in [0.5, 0.6) is 0 Å². The molecule has 0 radical (unpaired) electrons. The molecule has 0 aliphatic heterocycles. The zero-order chi connectivity index (χ0) is 13.6. The minimum atomic E-state index is -0.959. The number of carbonyl (C=O) groups is 2. The smallest absolute Gasteiger partial charge is 0.310 e. The molecule has 1 amide bonds. The Morgan fingerprint density at radius 3 is 2.39 bits per heavy atom. The average Bonchev–Trinajstić information content (AvgIpc) is 2.78. The maximum Gasteiger partial charge on any atom is 0.310 e. The maximum absolute atomic E-state index is 12.0. The van der Waals surface area contributed by atoms with Gasteiger partial charge in [-0.3, -0.25) is 9.59 Å². The molecule has 0 heterocycles. The summed E-state index contributed by atoms with van der Waals surface area (Å²) < 4.78 is 0. The van der Waals surface area contributed by atoms with E-state index in [1.54, 1.807) is 0 Å². The first-order valence-corrected chi connectivity index (χ1v) is 5.87. The van der Waals surface area contributed by atoms with Crippen LogP contribution in [0, 0.1) is 29.1 Å². The molecule has 96 valence electrons. The van der Waals surface area contributed by atoms with Crippen molar-refractivity contribution in [2.24, 2.45) is 5.41 Å². The van der Waals surface area contributed by atoms with Crippen molar-refractivity contribution in [3.63, 3.8) is 0 Å². The molecule has 1 aliphatic rings. The summed E-state index contributed by atoms with van der Waals surface area (Å²) >= 11 is 0. The number of carboxylic acid groups (broad SMARTS) is 1. The predicted octanol–water partition coefficient (Wildman–Crippen LogP) is 1.01. The minimum Gasteiger partial charge on any atom is -0.481 e. The Morgan fingerprint density at radius 1 is 1.33 bits per heavy atom. The molecule has 18 heavy (non-hydrogen) atoms. The monoisotopic (exact) mass is 248 g/mol. The quantitative estimate of drug-likeness (QED) is 0.581. The van der Waals surface area contributed by atoms with E-state index >= 15 is 0 Å². The highest BCUT2D eigenvalue weighted by atomic mass is 16.4. The number of nitrogens with zero attached hydrogens (tertiary/aromatic N) is 2. The van der Waals surface area contributed by atoms with Gasteiger partial charge >= 0.3 is 5.97 Å². The van der Waals surface area contributed by atoms with E-state index in [0.717, 1.165) is 12.8 Å². The zero-order valence-electron chi connectivity index (χ0n) is 10.2. The number of rotatable bonds is 5. The van der Waals surface area contributed by atoms with Crippen molar-refractivity contribution in [3.8, 4) is 18.4 Å². The molecule has 0 unspecified atom stereocenters. The number of nitriles is 1. The second-order valence-corrected chi connectivity index (χ2v) is 4.58. The molecule has 5 nitrogen and oxygen atoms in total. The number of hydrogen-bond acceptors (Lipinski definition) is 3. The van der Waals surface area contributed by atoms with Crippen molar-refractivity contribution in [3.05, 3.63) is 0 Å². The predicted molar refractivity (Wildman–Crippen MR) is 64.2 cm³/mol. The van der Waals surface area contributed by atoms with Crippen molar-refractivity contribution in [1.82, 2.24) is 4.90 Å². The lowest BCUT2D eigenvalue weighted by atomic mass is 9.82. The van der Waals surface area contributed by atoms with E-state index < -0.39 is 11.4 Å². The molecular weight excluding hydrogens is 232 g/mol. The van der Waals surface area contributed by atoms with E-state index in [0.29, 0.717) is 12.8 Å². The first-order chi connectivity index (χ1) is 8.55. The van der Waals surface area contributed by atoms with Gasteiger partial charge in [-0.1, -0.05) is 18.8 Å². The fourth-order valence-corrected chi connectivity index (χ4v) is 2.35. The van der Waals surface area contributed by atoms with Gasteiger partial charge in [0.2, 0.25) is 5.91 Å². The van der Waals surface area contributed by atoms with Crippen LogP contribution in [-0.4, -0.2) is 35.0 Å². The topological polar surface area (TPSA) is 81.4 Å². The normalized spacial score (nSPS) is 16.6. The Kier molecular flexibility index (Phi) is 4.74. The van der Waals surface area contributed by atoms with E-state index in [-0.39, 0.29) is 25.4 Å². The number of amides is 1. The largest absolute Gasteiger partial charge is 0.481 e. The summed E-state index contributed by atoms with van der Waals surface area (Å²) in [6, 6.07) is 1.86. The number of carbonyl (C=O) groups excluding carboxylic acids is 1. The fourth-order valence-electron chi connectivity index (χ4n) is 2.35. The van der Waals surface area contributed by atoms with Crippen molar-refractivity contribution in [2.75, 3.05) is 13.1 Å². The summed E-state index contributed by atoms with van der Waals surface area (Å²) in [5.41, 5.74) is -0.959. The molecular formula is C13H16N2O3. The highest BCUT2D eigenvalue weighted by Crippen LogP contribution is 2.41. The molecule has 0 aromatic carbocycles. The molecule has 0 bridgehead atoms. The highest BCUT2D eigenvalue weighted by Gasteiger charge is 2.43. The third-order valence-corrected chi connectivity index (χ3v) is 3.40. The summed E-state index contributed by atoms with van der Waals surface area (Å²) in [5, 5.41) is 17.9. The van der Waals surface area contributed by atoms with Gasteiger partial charge in [0.05, 0.1) is 18.0 Å². The van der Waals surface area contributed by atoms with E-state index in [1.165, 1.54) is 4.90 Å². The lowest BCUT2D eigenvalue weighted by molar-refractivity contribution is -0.153. The number of terminal acetylenes is 1. The van der Waals surface area contributed by atoms with Crippen molar-refractivity contribution >= 4 is 11.9 Å². The summed E-state index contributed by atoms with van der Waals surface area (Å²) in [6.07, 6.45) is 7.75. The van der Waals surface area contributed by atoms with Crippen LogP contribution in [0.15, 0.2) is 0 Å². The third-order valence-electron chi connectivity index (χ3n) is 3.40. The molecule has 5 heteroatoms. The van der Waals surface area contributed by atoms with Crippen molar-refractivity contribution in [1.29, 1.82) is 5.26 Å². The molecule has 0 saturated heterocycles. The summed E-state index contributed by atoms with van der Waals surface area (Å²) in [7, 11) is 0. The van der Waals surface area contributed by atoms with Gasteiger partial charge in [0.1, 0.15) is 6.54 Å². The van der Waals surface area contributed by atoms with Gasteiger partial charge in [-0.25, -0.2) is 0 Å². The molecule has 0 aromatic rings. The lowest BCUT2D eigenvalue weighted by Crippen LogP contribution is -2.39. The van der Waals surface area contributed by atoms with E-state index in [4.69, 9.17) is 11.7 Å². The van der Waals surface area contributed by atoms with Gasteiger partial charge in [0.15, 0.2) is 0 Å². The van der Waals surface area contributed by atoms with Gasteiger partial charge in [-0.15, -0.1) is 6.42 Å². The van der Waals surface area contributed by atoms with Crippen molar-refractivity contribution in [2.45, 2.75) is 32.1 Å². The SMILES string of the molecule is C#CCN(CC#N)C(=O)CC1(C(=O)O)CCCC1. The molecule has 1 N–H and O–H groups in total. The van der Waals surface area contributed by atoms with E-state index in [2.05, 4.69) is 5.92 Å². The van der Waals surface area contributed by atoms with Gasteiger partial charge in [0, 0.05) is 6.42 Å².